The number of ether oxygens (including phenoxy) is 3. The number of hydrogen-bond donors (Lipinski definition) is 0. The Bertz CT molecular complexity index is 1220. The first-order valence-corrected chi connectivity index (χ1v) is 23.8. The highest BCUT2D eigenvalue weighted by Crippen LogP contribution is 2.13. The molecule has 0 spiro atoms. The molecule has 0 aliphatic rings. The van der Waals surface area contributed by atoms with Gasteiger partial charge in [0.25, 0.3) is 0 Å². The molecule has 0 aliphatic heterocycles. The first kappa shape index (κ1) is 55.3. The zero-order valence-electron chi connectivity index (χ0n) is 38.0. The molecule has 334 valence electrons. The predicted molar refractivity (Wildman–Crippen MR) is 251 cm³/mol. The number of carbonyl (C=O) groups excluding carboxylic acids is 3. The molecule has 0 bridgehead atoms. The number of rotatable bonds is 41. The van der Waals surface area contributed by atoms with E-state index in [2.05, 4.69) is 69.4 Å². The molecular weight excluding hydrogens is 733 g/mol. The lowest BCUT2D eigenvalue weighted by atomic mass is 10.1. The van der Waals surface area contributed by atoms with Crippen molar-refractivity contribution < 1.29 is 28.6 Å². The molecule has 0 N–H and O–H groups in total. The molecule has 1 atom stereocenters. The molecule has 0 radical (unpaired) electrons. The van der Waals surface area contributed by atoms with E-state index in [1.807, 2.05) is 48.6 Å². The molecule has 1 unspecified atom stereocenters. The van der Waals surface area contributed by atoms with Crippen molar-refractivity contribution in [1.29, 1.82) is 0 Å². The fraction of sp³-hybridized carbons (Fsp3) is 0.642. The Morgan fingerprint density at radius 2 is 0.746 bits per heavy atom. The predicted octanol–water partition coefficient (Wildman–Crippen LogP) is 15.4. The molecule has 0 fully saturated rings. The van der Waals surface area contributed by atoms with Gasteiger partial charge in [-0.05, 0) is 89.9 Å². The maximum Gasteiger partial charge on any atom is 0.306 e. The Morgan fingerprint density at radius 3 is 1.29 bits per heavy atom. The molecule has 0 heterocycles. The molecule has 6 nitrogen and oxygen atoms in total. The van der Waals surface area contributed by atoms with Crippen molar-refractivity contribution in [2.24, 2.45) is 0 Å². The van der Waals surface area contributed by atoms with Crippen molar-refractivity contribution in [1.82, 2.24) is 0 Å². The standard InChI is InChI=1S/C53H86O6/c1-4-7-10-13-16-19-21-23-25-26-28-29-31-34-37-40-43-46-52(55)58-49-50(48-57-51(54)45-42-39-36-33-18-15-12-9-6-3)59-53(56)47-44-41-38-35-32-30-27-24-22-20-17-14-11-8-5-2/h8-9,11-12,14,17-18,20,22-25,27,30,32-33,50H,4-7,10,13,15-16,19,21,26,28-29,31,34-49H2,1-3H3/b11-8-,12-9-,17-14-,22-20-,25-23-,27-24-,32-30-,33-18-. The van der Waals surface area contributed by atoms with E-state index >= 15 is 0 Å². The molecule has 6 heteroatoms. The van der Waals surface area contributed by atoms with Gasteiger partial charge in [-0.25, -0.2) is 0 Å². The van der Waals surface area contributed by atoms with Crippen molar-refractivity contribution in [3.63, 3.8) is 0 Å². The first-order valence-electron chi connectivity index (χ1n) is 23.8. The number of unbranched alkanes of at least 4 members (excludes halogenated alkanes) is 18. The Morgan fingerprint density at radius 1 is 0.373 bits per heavy atom. The SMILES string of the molecule is CC\C=C/C=C\C=C/C=C\C=C/CCCCCC(=O)OC(COC(=O)CCCC/C=C\C/C=C\CC)COC(=O)CCCCCCCCC/C=C\CCCCCCCC. The Balaban J connectivity index is 4.45. The summed E-state index contributed by atoms with van der Waals surface area (Å²) in [5.74, 6) is -1.00. The lowest BCUT2D eigenvalue weighted by Crippen LogP contribution is -2.30. The molecule has 0 aromatic heterocycles. The summed E-state index contributed by atoms with van der Waals surface area (Å²) in [6.07, 6.45) is 61.2. The van der Waals surface area contributed by atoms with Crippen molar-refractivity contribution in [3.05, 3.63) is 97.2 Å². The smallest absolute Gasteiger partial charge is 0.306 e. The maximum absolute atomic E-state index is 12.7. The summed E-state index contributed by atoms with van der Waals surface area (Å²) in [6, 6.07) is 0. The molecule has 0 saturated carbocycles. The highest BCUT2D eigenvalue weighted by molar-refractivity contribution is 5.71. The molecule has 0 aromatic carbocycles. The molecule has 0 amide bonds. The van der Waals surface area contributed by atoms with Gasteiger partial charge in [0.1, 0.15) is 13.2 Å². The Labute approximate surface area is 362 Å². The van der Waals surface area contributed by atoms with Crippen LogP contribution in [0.1, 0.15) is 201 Å². The summed E-state index contributed by atoms with van der Waals surface area (Å²) in [4.78, 5) is 37.8. The second-order valence-corrected chi connectivity index (χ2v) is 15.4. The third-order valence-corrected chi connectivity index (χ3v) is 9.68. The van der Waals surface area contributed by atoms with Gasteiger partial charge in [0.05, 0.1) is 0 Å². The summed E-state index contributed by atoms with van der Waals surface area (Å²) >= 11 is 0. The highest BCUT2D eigenvalue weighted by Gasteiger charge is 2.19. The van der Waals surface area contributed by atoms with E-state index < -0.39 is 6.10 Å². The minimum atomic E-state index is -0.813. The third-order valence-electron chi connectivity index (χ3n) is 9.68. The van der Waals surface area contributed by atoms with E-state index in [1.165, 1.54) is 77.0 Å². The molecular formula is C53H86O6. The second-order valence-electron chi connectivity index (χ2n) is 15.4. The largest absolute Gasteiger partial charge is 0.462 e. The van der Waals surface area contributed by atoms with Gasteiger partial charge in [-0.2, -0.15) is 0 Å². The summed E-state index contributed by atoms with van der Waals surface area (Å²) in [6.45, 7) is 6.27. The fourth-order valence-corrected chi connectivity index (χ4v) is 6.14. The average Bonchev–Trinajstić information content (AvgIpc) is 3.23. The molecule has 59 heavy (non-hydrogen) atoms. The Hall–Kier alpha value is -3.67. The third kappa shape index (κ3) is 45.3. The van der Waals surface area contributed by atoms with Gasteiger partial charge in [-0.15, -0.1) is 0 Å². The quantitative estimate of drug-likeness (QED) is 0.0201. The van der Waals surface area contributed by atoms with Crippen LogP contribution in [-0.2, 0) is 28.6 Å². The van der Waals surface area contributed by atoms with E-state index in [0.29, 0.717) is 19.3 Å². The fourth-order valence-electron chi connectivity index (χ4n) is 6.14. The van der Waals surface area contributed by atoms with Gasteiger partial charge < -0.3 is 14.2 Å². The summed E-state index contributed by atoms with van der Waals surface area (Å²) in [5, 5.41) is 0. The van der Waals surface area contributed by atoms with Gasteiger partial charge in [-0.3, -0.25) is 14.4 Å². The summed E-state index contributed by atoms with van der Waals surface area (Å²) in [7, 11) is 0. The Kier molecular flexibility index (Phi) is 44.1. The molecule has 0 saturated heterocycles. The van der Waals surface area contributed by atoms with Gasteiger partial charge in [0.2, 0.25) is 0 Å². The lowest BCUT2D eigenvalue weighted by molar-refractivity contribution is -0.167. The van der Waals surface area contributed by atoms with Crippen LogP contribution in [-0.4, -0.2) is 37.2 Å². The van der Waals surface area contributed by atoms with Gasteiger partial charge in [0.15, 0.2) is 6.10 Å². The van der Waals surface area contributed by atoms with Crippen LogP contribution in [0.4, 0.5) is 0 Å². The van der Waals surface area contributed by atoms with Crippen LogP contribution in [0.15, 0.2) is 97.2 Å². The van der Waals surface area contributed by atoms with Crippen LogP contribution in [0.3, 0.4) is 0 Å². The first-order chi connectivity index (χ1) is 29.0. The van der Waals surface area contributed by atoms with Crippen LogP contribution >= 0.6 is 0 Å². The van der Waals surface area contributed by atoms with Crippen molar-refractivity contribution in [2.75, 3.05) is 13.2 Å². The number of allylic oxidation sites excluding steroid dienone is 16. The van der Waals surface area contributed by atoms with Crippen LogP contribution < -0.4 is 0 Å². The zero-order valence-corrected chi connectivity index (χ0v) is 38.0. The minimum Gasteiger partial charge on any atom is -0.462 e. The van der Waals surface area contributed by atoms with Crippen LogP contribution in [0.5, 0.6) is 0 Å². The van der Waals surface area contributed by atoms with Crippen LogP contribution in [0.2, 0.25) is 0 Å². The van der Waals surface area contributed by atoms with Crippen LogP contribution in [0, 0.1) is 0 Å². The van der Waals surface area contributed by atoms with Gasteiger partial charge >= 0.3 is 17.9 Å². The van der Waals surface area contributed by atoms with Gasteiger partial charge in [-0.1, -0.05) is 189 Å². The summed E-state index contributed by atoms with van der Waals surface area (Å²) < 4.78 is 16.6. The van der Waals surface area contributed by atoms with E-state index in [9.17, 15) is 14.4 Å². The lowest BCUT2D eigenvalue weighted by Gasteiger charge is -2.18. The number of hydrogen-bond acceptors (Lipinski definition) is 6. The summed E-state index contributed by atoms with van der Waals surface area (Å²) in [5.41, 5.74) is 0. The normalized spacial score (nSPS) is 12.9. The average molecular weight is 819 g/mol. The maximum atomic E-state index is 12.7. The highest BCUT2D eigenvalue weighted by atomic mass is 16.6. The molecule has 0 aromatic rings. The number of esters is 3. The van der Waals surface area contributed by atoms with E-state index in [-0.39, 0.29) is 37.5 Å². The monoisotopic (exact) mass is 819 g/mol. The van der Waals surface area contributed by atoms with E-state index in [4.69, 9.17) is 14.2 Å². The van der Waals surface area contributed by atoms with E-state index in [0.717, 1.165) is 77.0 Å². The van der Waals surface area contributed by atoms with Crippen LogP contribution in [0.25, 0.3) is 0 Å². The molecule has 0 rings (SSSR count). The van der Waals surface area contributed by atoms with Crippen molar-refractivity contribution in [2.45, 2.75) is 207 Å². The van der Waals surface area contributed by atoms with Crippen molar-refractivity contribution >= 4 is 17.9 Å². The topological polar surface area (TPSA) is 78.9 Å². The van der Waals surface area contributed by atoms with E-state index in [1.54, 1.807) is 0 Å². The number of carbonyl (C=O) groups is 3. The van der Waals surface area contributed by atoms with Gasteiger partial charge in [0, 0.05) is 19.3 Å². The second kappa shape index (κ2) is 47.0. The zero-order chi connectivity index (χ0) is 43.0. The molecule has 0 aliphatic carbocycles. The van der Waals surface area contributed by atoms with Crippen molar-refractivity contribution in [3.8, 4) is 0 Å². The minimum absolute atomic E-state index is 0.109.